The first kappa shape index (κ1) is 75.6. The Bertz CT molecular complexity index is 1410. The summed E-state index contributed by atoms with van der Waals surface area (Å²) >= 11 is 0. The van der Waals surface area contributed by atoms with Gasteiger partial charge in [-0.1, -0.05) is 310 Å². The second kappa shape index (κ2) is 62.6. The van der Waals surface area contributed by atoms with Gasteiger partial charge in [-0.05, 0) is 19.3 Å². The summed E-state index contributed by atoms with van der Waals surface area (Å²) in [4.78, 5) is 21.2. The van der Waals surface area contributed by atoms with Gasteiger partial charge < -0.3 is 33.3 Å². The quantitative estimate of drug-likeness (QED) is 0.0494. The molecular formula is C66H131N4O8P. The number of nitrogens with zero attached hydrogens (tertiary/aromatic N) is 3. The van der Waals surface area contributed by atoms with Gasteiger partial charge >= 0.3 is 13.3 Å². The molecule has 0 atom stereocenters. The molecule has 0 fully saturated rings. The van der Waals surface area contributed by atoms with E-state index < -0.39 is 13.3 Å². The van der Waals surface area contributed by atoms with E-state index in [1.807, 2.05) is 0 Å². The molecule has 0 aromatic carbocycles. The molecule has 1 rings (SSSR count). The van der Waals surface area contributed by atoms with Crippen LogP contribution in [0.25, 0.3) is 0 Å². The van der Waals surface area contributed by atoms with Gasteiger partial charge in [0.1, 0.15) is 12.7 Å². The fraction of sp³-hybridized carbons (Fsp3) is 0.955. The Morgan fingerprint density at radius 2 is 0.658 bits per heavy atom. The Balaban J connectivity index is 2.27. The highest BCUT2D eigenvalue weighted by Gasteiger charge is 2.25. The first-order valence-electron chi connectivity index (χ1n) is 34.4. The van der Waals surface area contributed by atoms with Gasteiger partial charge in [-0.25, -0.2) is 9.78 Å². The number of ether oxygens (including phenoxy) is 4. The van der Waals surface area contributed by atoms with Crippen LogP contribution >= 0.6 is 7.60 Å². The van der Waals surface area contributed by atoms with E-state index in [0.29, 0.717) is 39.6 Å². The van der Waals surface area contributed by atoms with Crippen molar-refractivity contribution in [3.05, 3.63) is 16.8 Å². The highest BCUT2D eigenvalue weighted by atomic mass is 31.2. The molecule has 1 heterocycles. The molecule has 0 spiro atoms. The lowest BCUT2D eigenvalue weighted by Crippen LogP contribution is -2.27. The minimum absolute atomic E-state index is 0.117. The number of hydrogen-bond donors (Lipinski definition) is 1. The van der Waals surface area contributed by atoms with E-state index in [0.717, 1.165) is 38.7 Å². The standard InChI is InChI=1S/C66H131N4O8P/c1-4-7-10-13-16-19-22-25-28-31-34-37-40-43-46-49-54-73-57-52-67-65-68-63-70(66(71)69-65)53-58-76-64-79(72,77-61-59-74-55-50-47-44-41-38-35-32-29-26-23-20-17-14-11-8-5-2)78-62-60-75-56-51-48-45-42-39-36-33-30-27-24-21-18-15-12-9-6-3/h63H,4-62,64H2,1-3H3,(H,67,69,71). The van der Waals surface area contributed by atoms with Crippen LogP contribution in [0.15, 0.2) is 11.1 Å². The third kappa shape index (κ3) is 55.6. The molecule has 13 heteroatoms. The second-order valence-electron chi connectivity index (χ2n) is 23.1. The lowest BCUT2D eigenvalue weighted by Gasteiger charge is -2.19. The Hall–Kier alpha value is -1.40. The van der Waals surface area contributed by atoms with E-state index in [1.54, 1.807) is 0 Å². The van der Waals surface area contributed by atoms with Gasteiger partial charge in [-0.3, -0.25) is 9.13 Å². The third-order valence-corrected chi connectivity index (χ3v) is 17.1. The number of hydrogen-bond acceptors (Lipinski definition) is 11. The third-order valence-electron chi connectivity index (χ3n) is 15.5. The van der Waals surface area contributed by atoms with Crippen molar-refractivity contribution >= 4 is 13.5 Å². The fourth-order valence-electron chi connectivity index (χ4n) is 10.3. The molecule has 0 aliphatic carbocycles. The molecule has 0 saturated carbocycles. The van der Waals surface area contributed by atoms with Crippen LogP contribution in [-0.2, 0) is 39.1 Å². The van der Waals surface area contributed by atoms with Gasteiger partial charge in [0.15, 0.2) is 0 Å². The lowest BCUT2D eigenvalue weighted by molar-refractivity contribution is 0.0607. The molecule has 1 N–H and O–H groups in total. The highest BCUT2D eigenvalue weighted by molar-refractivity contribution is 7.53. The summed E-state index contributed by atoms with van der Waals surface area (Å²) < 4.78 is 50.2. The number of unbranched alkanes of at least 4 members (excludes halogenated alkanes) is 45. The maximum absolute atomic E-state index is 13.8. The van der Waals surface area contributed by atoms with Crippen LogP contribution in [0.1, 0.15) is 329 Å². The van der Waals surface area contributed by atoms with Gasteiger partial charge in [0, 0.05) is 26.4 Å². The largest absolute Gasteiger partial charge is 0.380 e. The van der Waals surface area contributed by atoms with E-state index in [9.17, 15) is 9.36 Å². The van der Waals surface area contributed by atoms with Crippen LogP contribution in [-0.4, -0.2) is 86.9 Å². The molecule has 0 amide bonds. The molecule has 0 unspecified atom stereocenters. The molecule has 0 bridgehead atoms. The topological polar surface area (TPSA) is 132 Å². The van der Waals surface area contributed by atoms with Gasteiger partial charge in [-0.2, -0.15) is 4.98 Å². The van der Waals surface area contributed by atoms with Crippen molar-refractivity contribution in [3.63, 3.8) is 0 Å². The molecule has 1 aromatic heterocycles. The van der Waals surface area contributed by atoms with Crippen molar-refractivity contribution in [1.29, 1.82) is 0 Å². The molecule has 79 heavy (non-hydrogen) atoms. The van der Waals surface area contributed by atoms with Crippen LogP contribution in [0.4, 0.5) is 5.95 Å². The SMILES string of the molecule is CCCCCCCCCCCCCCCCCCOCCNc1ncn(CCOCP(=O)(OCCOCCCCCCCCCCCCCCCCCC)OCCOCCCCCCCCCCCCCCCCCC)c(=O)n1. The smallest absolute Gasteiger partial charge is 0.356 e. The zero-order chi connectivity index (χ0) is 56.7. The minimum atomic E-state index is -3.61. The molecule has 0 saturated heterocycles. The number of aromatic nitrogens is 3. The highest BCUT2D eigenvalue weighted by Crippen LogP contribution is 2.48. The maximum atomic E-state index is 13.8. The van der Waals surface area contributed by atoms with Gasteiger partial charge in [0.2, 0.25) is 5.95 Å². The van der Waals surface area contributed by atoms with Gasteiger partial charge in [0.05, 0.1) is 46.2 Å². The molecule has 0 radical (unpaired) electrons. The van der Waals surface area contributed by atoms with E-state index in [4.69, 9.17) is 28.0 Å². The Kier molecular flexibility index (Phi) is 60.0. The minimum Gasteiger partial charge on any atom is -0.380 e. The van der Waals surface area contributed by atoms with E-state index >= 15 is 0 Å². The summed E-state index contributed by atoms with van der Waals surface area (Å²) in [6.07, 6.45) is 65.7. The van der Waals surface area contributed by atoms with Gasteiger partial charge in [-0.15, -0.1) is 0 Å². The number of anilines is 1. The first-order valence-corrected chi connectivity index (χ1v) is 36.1. The summed E-state index contributed by atoms with van der Waals surface area (Å²) in [5, 5.41) is 3.09. The van der Waals surface area contributed by atoms with E-state index in [2.05, 4.69) is 36.1 Å². The van der Waals surface area contributed by atoms with Crippen molar-refractivity contribution in [2.75, 3.05) is 77.7 Å². The number of nitrogens with one attached hydrogen (secondary N) is 1. The summed E-state index contributed by atoms with van der Waals surface area (Å²) in [5.74, 6) is 0.272. The van der Waals surface area contributed by atoms with Crippen LogP contribution in [0.3, 0.4) is 0 Å². The predicted molar refractivity (Wildman–Crippen MR) is 336 cm³/mol. The van der Waals surface area contributed by atoms with Crippen LogP contribution in [0.2, 0.25) is 0 Å². The summed E-state index contributed by atoms with van der Waals surface area (Å²) in [6, 6.07) is 0. The Labute approximate surface area is 488 Å². The molecular weight excluding hydrogens is 1010 g/mol. The normalized spacial score (nSPS) is 11.9. The van der Waals surface area contributed by atoms with Crippen LogP contribution in [0.5, 0.6) is 0 Å². The predicted octanol–water partition coefficient (Wildman–Crippen LogP) is 20.1. The molecule has 12 nitrogen and oxygen atoms in total. The second-order valence-corrected chi connectivity index (χ2v) is 25.1. The van der Waals surface area contributed by atoms with E-state index in [-0.39, 0.29) is 38.7 Å². The Morgan fingerprint density at radius 3 is 0.962 bits per heavy atom. The van der Waals surface area contributed by atoms with Crippen molar-refractivity contribution < 1.29 is 32.6 Å². The molecule has 468 valence electrons. The van der Waals surface area contributed by atoms with Crippen molar-refractivity contribution in [2.24, 2.45) is 0 Å². The summed E-state index contributed by atoms with van der Waals surface area (Å²) in [5.41, 5.74) is -0.436. The van der Waals surface area contributed by atoms with Crippen LogP contribution < -0.4 is 11.0 Å². The summed E-state index contributed by atoms with van der Waals surface area (Å²) in [6.45, 7) is 11.2. The van der Waals surface area contributed by atoms with Gasteiger partial charge in [0.25, 0.3) is 0 Å². The van der Waals surface area contributed by atoms with E-state index in [1.165, 1.54) is 287 Å². The monoisotopic (exact) mass is 1140 g/mol. The lowest BCUT2D eigenvalue weighted by atomic mass is 10.0. The Morgan fingerprint density at radius 1 is 0.367 bits per heavy atom. The number of rotatable bonds is 68. The average Bonchev–Trinajstić information content (AvgIpc) is 3.45. The first-order chi connectivity index (χ1) is 39.0. The zero-order valence-corrected chi connectivity index (χ0v) is 53.5. The summed E-state index contributed by atoms with van der Waals surface area (Å²) in [7, 11) is -3.61. The fourth-order valence-corrected chi connectivity index (χ4v) is 11.6. The van der Waals surface area contributed by atoms with Crippen LogP contribution in [0, 0.1) is 0 Å². The average molecular weight is 1140 g/mol. The van der Waals surface area contributed by atoms with Crippen molar-refractivity contribution in [2.45, 2.75) is 336 Å². The molecule has 0 aliphatic rings. The molecule has 1 aromatic rings. The maximum Gasteiger partial charge on any atom is 0.356 e. The zero-order valence-electron chi connectivity index (χ0n) is 52.6. The molecule has 0 aliphatic heterocycles. The van der Waals surface area contributed by atoms with Crippen molar-refractivity contribution in [3.8, 4) is 0 Å². The van der Waals surface area contributed by atoms with Crippen molar-refractivity contribution in [1.82, 2.24) is 14.5 Å².